The number of carbonyl (C=O) groups is 2. The van der Waals surface area contributed by atoms with Crippen LogP contribution in [0.2, 0.25) is 0 Å². The number of nitrogens with zero attached hydrogens (tertiary/aromatic N) is 2. The summed E-state index contributed by atoms with van der Waals surface area (Å²) in [6, 6.07) is 12.1. The number of carboxylic acids is 1. The number of aliphatic carboxylic acids is 1. The first-order valence-electron chi connectivity index (χ1n) is 9.29. The molecule has 0 saturated heterocycles. The summed E-state index contributed by atoms with van der Waals surface area (Å²) in [5.41, 5.74) is 3.49. The maximum atomic E-state index is 12.7. The Bertz CT molecular complexity index is 1040. The Balaban J connectivity index is 1.79. The van der Waals surface area contributed by atoms with Crippen LogP contribution in [0.1, 0.15) is 35.5 Å². The molecule has 0 aliphatic heterocycles. The number of aromatic nitrogens is 2. The molecule has 0 aliphatic rings. The topological polar surface area (TPSA) is 84.2 Å². The standard InChI is InChI=1S/C22H25N3O3/c1-13(11-19-14(2)24-25(4)15(19)3)21(26)23-20(22(27)28)18-10-9-16-7-5-6-8-17(16)12-18/h5-10,12-13,20H,11H2,1-4H3,(H,23,26)(H,27,28). The number of carbonyl (C=O) groups excluding carboxylic acids is 1. The number of carboxylic acid groups (broad SMARTS) is 1. The summed E-state index contributed by atoms with van der Waals surface area (Å²) in [5.74, 6) is -1.74. The molecule has 1 aromatic heterocycles. The minimum Gasteiger partial charge on any atom is -0.479 e. The van der Waals surface area contributed by atoms with Crippen LogP contribution in [0.5, 0.6) is 0 Å². The monoisotopic (exact) mass is 379 g/mol. The van der Waals surface area contributed by atoms with Gasteiger partial charge in [0.2, 0.25) is 5.91 Å². The molecule has 6 nitrogen and oxygen atoms in total. The smallest absolute Gasteiger partial charge is 0.330 e. The second-order valence-electron chi connectivity index (χ2n) is 7.26. The maximum absolute atomic E-state index is 12.7. The number of fused-ring (bicyclic) bond motifs is 1. The van der Waals surface area contributed by atoms with Crippen LogP contribution in [0.3, 0.4) is 0 Å². The summed E-state index contributed by atoms with van der Waals surface area (Å²) in [7, 11) is 1.87. The van der Waals surface area contributed by atoms with Crippen LogP contribution < -0.4 is 5.32 Å². The molecular formula is C22H25N3O3. The average Bonchev–Trinajstić information content (AvgIpc) is 2.91. The molecule has 0 spiro atoms. The Morgan fingerprint density at radius 2 is 1.82 bits per heavy atom. The van der Waals surface area contributed by atoms with E-state index < -0.39 is 12.0 Å². The number of hydrogen-bond donors (Lipinski definition) is 2. The average molecular weight is 379 g/mol. The molecule has 146 valence electrons. The van der Waals surface area contributed by atoms with E-state index >= 15 is 0 Å². The Labute approximate surface area is 164 Å². The Hall–Kier alpha value is -3.15. The molecule has 0 aliphatic carbocycles. The molecule has 0 bridgehead atoms. The molecular weight excluding hydrogens is 354 g/mol. The van der Waals surface area contributed by atoms with Crippen molar-refractivity contribution < 1.29 is 14.7 Å². The van der Waals surface area contributed by atoms with Gasteiger partial charge in [-0.05, 0) is 48.2 Å². The highest BCUT2D eigenvalue weighted by molar-refractivity contribution is 5.88. The number of benzene rings is 2. The van der Waals surface area contributed by atoms with E-state index in [2.05, 4.69) is 10.4 Å². The lowest BCUT2D eigenvalue weighted by atomic mass is 9.97. The van der Waals surface area contributed by atoms with E-state index in [1.807, 2.05) is 57.3 Å². The number of aryl methyl sites for hydroxylation is 2. The fraction of sp³-hybridized carbons (Fsp3) is 0.318. The third-order valence-electron chi connectivity index (χ3n) is 5.26. The Morgan fingerprint density at radius 1 is 1.14 bits per heavy atom. The fourth-order valence-electron chi connectivity index (χ4n) is 3.47. The molecule has 2 atom stereocenters. The van der Waals surface area contributed by atoms with Gasteiger partial charge in [0.1, 0.15) is 0 Å². The lowest BCUT2D eigenvalue weighted by molar-refractivity contribution is -0.142. The van der Waals surface area contributed by atoms with Gasteiger partial charge in [-0.25, -0.2) is 4.79 Å². The molecule has 3 aromatic rings. The van der Waals surface area contributed by atoms with Crippen LogP contribution in [0, 0.1) is 19.8 Å². The number of hydrogen-bond acceptors (Lipinski definition) is 3. The van der Waals surface area contributed by atoms with E-state index in [9.17, 15) is 14.7 Å². The first kappa shape index (κ1) is 19.6. The predicted molar refractivity (Wildman–Crippen MR) is 108 cm³/mol. The molecule has 1 amide bonds. The Kier molecular flexibility index (Phi) is 5.49. The predicted octanol–water partition coefficient (Wildman–Crippen LogP) is 3.31. The van der Waals surface area contributed by atoms with Crippen LogP contribution in [0.25, 0.3) is 10.8 Å². The van der Waals surface area contributed by atoms with Gasteiger partial charge in [-0.2, -0.15) is 5.10 Å². The van der Waals surface area contributed by atoms with Gasteiger partial charge in [0.15, 0.2) is 6.04 Å². The summed E-state index contributed by atoms with van der Waals surface area (Å²) >= 11 is 0. The lowest BCUT2D eigenvalue weighted by Gasteiger charge is -2.19. The largest absolute Gasteiger partial charge is 0.479 e. The summed E-state index contributed by atoms with van der Waals surface area (Å²) in [4.78, 5) is 24.6. The molecule has 0 saturated carbocycles. The first-order chi connectivity index (χ1) is 13.3. The number of amides is 1. The first-order valence-corrected chi connectivity index (χ1v) is 9.29. The van der Waals surface area contributed by atoms with Crippen molar-refractivity contribution in [2.75, 3.05) is 0 Å². The van der Waals surface area contributed by atoms with Crippen molar-refractivity contribution in [3.63, 3.8) is 0 Å². The van der Waals surface area contributed by atoms with Crippen molar-refractivity contribution in [3.05, 3.63) is 65.0 Å². The Morgan fingerprint density at radius 3 is 2.43 bits per heavy atom. The second kappa shape index (κ2) is 7.84. The molecule has 1 heterocycles. The van der Waals surface area contributed by atoms with Gasteiger partial charge in [-0.3, -0.25) is 9.48 Å². The molecule has 28 heavy (non-hydrogen) atoms. The van der Waals surface area contributed by atoms with Gasteiger partial charge in [0, 0.05) is 18.7 Å². The quantitative estimate of drug-likeness (QED) is 0.688. The van der Waals surface area contributed by atoms with E-state index in [1.54, 1.807) is 17.7 Å². The SMILES string of the molecule is Cc1nn(C)c(C)c1CC(C)C(=O)NC(C(=O)O)c1ccc2ccccc2c1. The minimum atomic E-state index is -1.09. The van der Waals surface area contributed by atoms with E-state index in [-0.39, 0.29) is 11.8 Å². The molecule has 2 N–H and O–H groups in total. The normalized spacial score (nSPS) is 13.3. The zero-order valence-electron chi connectivity index (χ0n) is 16.6. The molecule has 2 unspecified atom stereocenters. The molecule has 2 aromatic carbocycles. The zero-order valence-corrected chi connectivity index (χ0v) is 16.6. The van der Waals surface area contributed by atoms with Crippen LogP contribution in [0.4, 0.5) is 0 Å². The highest BCUT2D eigenvalue weighted by atomic mass is 16.4. The van der Waals surface area contributed by atoms with Gasteiger partial charge < -0.3 is 10.4 Å². The van der Waals surface area contributed by atoms with Crippen molar-refractivity contribution >= 4 is 22.6 Å². The van der Waals surface area contributed by atoms with E-state index in [1.165, 1.54) is 0 Å². The van der Waals surface area contributed by atoms with E-state index in [0.29, 0.717) is 12.0 Å². The highest BCUT2D eigenvalue weighted by Crippen LogP contribution is 2.22. The molecule has 0 radical (unpaired) electrons. The number of rotatable bonds is 6. The van der Waals surface area contributed by atoms with Gasteiger partial charge >= 0.3 is 5.97 Å². The van der Waals surface area contributed by atoms with Crippen molar-refractivity contribution in [2.45, 2.75) is 33.2 Å². The highest BCUT2D eigenvalue weighted by Gasteiger charge is 2.26. The summed E-state index contributed by atoms with van der Waals surface area (Å²) in [6.07, 6.45) is 0.515. The van der Waals surface area contributed by atoms with Crippen molar-refractivity contribution in [1.29, 1.82) is 0 Å². The molecule has 3 rings (SSSR count). The number of nitrogens with one attached hydrogen (secondary N) is 1. The molecule has 0 fully saturated rings. The van der Waals surface area contributed by atoms with Crippen molar-refractivity contribution in [3.8, 4) is 0 Å². The third kappa shape index (κ3) is 3.91. The van der Waals surface area contributed by atoms with E-state index in [4.69, 9.17) is 0 Å². The van der Waals surface area contributed by atoms with Gasteiger partial charge in [0.05, 0.1) is 5.69 Å². The van der Waals surface area contributed by atoms with Gasteiger partial charge in [0.25, 0.3) is 0 Å². The minimum absolute atomic E-state index is 0.289. The third-order valence-corrected chi connectivity index (χ3v) is 5.26. The van der Waals surface area contributed by atoms with E-state index in [0.717, 1.165) is 27.7 Å². The second-order valence-corrected chi connectivity index (χ2v) is 7.26. The summed E-state index contributed by atoms with van der Waals surface area (Å²) in [6.45, 7) is 5.69. The molecule has 6 heteroatoms. The van der Waals surface area contributed by atoms with Crippen molar-refractivity contribution in [2.24, 2.45) is 13.0 Å². The van der Waals surface area contributed by atoms with Gasteiger partial charge in [-0.1, -0.05) is 43.3 Å². The van der Waals surface area contributed by atoms with Crippen LogP contribution in [0.15, 0.2) is 42.5 Å². The van der Waals surface area contributed by atoms with Crippen LogP contribution in [-0.2, 0) is 23.1 Å². The maximum Gasteiger partial charge on any atom is 0.330 e. The van der Waals surface area contributed by atoms with Crippen LogP contribution >= 0.6 is 0 Å². The summed E-state index contributed by atoms with van der Waals surface area (Å²) in [5, 5.41) is 18.7. The van der Waals surface area contributed by atoms with Crippen molar-refractivity contribution in [1.82, 2.24) is 15.1 Å². The summed E-state index contributed by atoms with van der Waals surface area (Å²) < 4.78 is 1.80. The van der Waals surface area contributed by atoms with Gasteiger partial charge in [-0.15, -0.1) is 0 Å². The fourth-order valence-corrected chi connectivity index (χ4v) is 3.47. The lowest BCUT2D eigenvalue weighted by Crippen LogP contribution is -2.37. The zero-order chi connectivity index (χ0) is 20.4. The van der Waals surface area contributed by atoms with Crippen LogP contribution in [-0.4, -0.2) is 26.8 Å².